The lowest BCUT2D eigenvalue weighted by Gasteiger charge is -2.24. The van der Waals surface area contributed by atoms with Crippen molar-refractivity contribution in [3.05, 3.63) is 35.6 Å². The highest BCUT2D eigenvalue weighted by atomic mass is 19.1. The van der Waals surface area contributed by atoms with Gasteiger partial charge in [0.15, 0.2) is 0 Å². The van der Waals surface area contributed by atoms with Gasteiger partial charge in [-0.1, -0.05) is 18.6 Å². The summed E-state index contributed by atoms with van der Waals surface area (Å²) in [7, 11) is 0. The summed E-state index contributed by atoms with van der Waals surface area (Å²) in [5, 5.41) is 13.1. The van der Waals surface area contributed by atoms with Crippen LogP contribution in [0.1, 0.15) is 43.7 Å². The highest BCUT2D eigenvalue weighted by molar-refractivity contribution is 5.22. The summed E-state index contributed by atoms with van der Waals surface area (Å²) in [4.78, 5) is 0. The molecule has 2 saturated carbocycles. The summed E-state index contributed by atoms with van der Waals surface area (Å²) in [6.07, 6.45) is 6.15. The molecule has 0 aromatic heterocycles. The molecule has 0 saturated heterocycles. The van der Waals surface area contributed by atoms with Crippen molar-refractivity contribution in [2.75, 3.05) is 13.2 Å². The zero-order valence-electron chi connectivity index (χ0n) is 11.9. The van der Waals surface area contributed by atoms with E-state index in [2.05, 4.69) is 5.32 Å². The molecule has 0 radical (unpaired) electrons. The summed E-state index contributed by atoms with van der Waals surface area (Å²) >= 11 is 0. The third kappa shape index (κ3) is 3.21. The first-order valence-electron chi connectivity index (χ1n) is 7.87. The van der Waals surface area contributed by atoms with Gasteiger partial charge in [0.1, 0.15) is 5.82 Å². The van der Waals surface area contributed by atoms with Crippen LogP contribution in [0.25, 0.3) is 0 Å². The van der Waals surface area contributed by atoms with E-state index in [4.69, 9.17) is 0 Å². The van der Waals surface area contributed by atoms with Crippen LogP contribution in [-0.4, -0.2) is 18.3 Å². The molecule has 3 unspecified atom stereocenters. The summed E-state index contributed by atoms with van der Waals surface area (Å²) in [5.74, 6) is 1.60. The highest BCUT2D eigenvalue weighted by Gasteiger charge is 2.34. The fourth-order valence-electron chi connectivity index (χ4n) is 3.56. The molecule has 0 amide bonds. The Morgan fingerprint density at radius 1 is 1.10 bits per heavy atom. The van der Waals surface area contributed by atoms with Gasteiger partial charge in [-0.25, -0.2) is 4.39 Å². The smallest absolute Gasteiger partial charge is 0.123 e. The van der Waals surface area contributed by atoms with Crippen molar-refractivity contribution in [2.24, 2.45) is 17.8 Å². The van der Waals surface area contributed by atoms with E-state index in [0.717, 1.165) is 13.0 Å². The van der Waals surface area contributed by atoms with Gasteiger partial charge >= 0.3 is 0 Å². The van der Waals surface area contributed by atoms with E-state index >= 15 is 0 Å². The Labute approximate surface area is 120 Å². The Bertz CT molecular complexity index is 429. The second-order valence-corrected chi connectivity index (χ2v) is 6.41. The topological polar surface area (TPSA) is 32.3 Å². The Hall–Kier alpha value is -0.930. The van der Waals surface area contributed by atoms with Gasteiger partial charge in [0.25, 0.3) is 0 Å². The van der Waals surface area contributed by atoms with E-state index in [-0.39, 0.29) is 5.82 Å². The molecule has 2 fully saturated rings. The fourth-order valence-corrected chi connectivity index (χ4v) is 3.56. The molecule has 1 aromatic rings. The van der Waals surface area contributed by atoms with Gasteiger partial charge in [0, 0.05) is 12.6 Å². The first-order valence-corrected chi connectivity index (χ1v) is 7.87. The van der Waals surface area contributed by atoms with Crippen molar-refractivity contribution in [1.82, 2.24) is 5.32 Å². The van der Waals surface area contributed by atoms with Gasteiger partial charge in [-0.3, -0.25) is 0 Å². The maximum Gasteiger partial charge on any atom is 0.123 e. The molecule has 0 heterocycles. The molecule has 2 aliphatic carbocycles. The Balaban J connectivity index is 1.61. The minimum Gasteiger partial charge on any atom is -0.396 e. The van der Waals surface area contributed by atoms with E-state index in [1.54, 1.807) is 12.1 Å². The number of rotatable bonds is 6. The minimum absolute atomic E-state index is 0.167. The average Bonchev–Trinajstić information content (AvgIpc) is 3.19. The lowest BCUT2D eigenvalue weighted by molar-refractivity contribution is 0.189. The zero-order chi connectivity index (χ0) is 13.9. The van der Waals surface area contributed by atoms with Crippen molar-refractivity contribution >= 4 is 0 Å². The molecule has 1 aromatic carbocycles. The largest absolute Gasteiger partial charge is 0.396 e. The maximum absolute atomic E-state index is 13.0. The van der Waals surface area contributed by atoms with Gasteiger partial charge in [0.2, 0.25) is 0 Å². The van der Waals surface area contributed by atoms with Crippen molar-refractivity contribution in [2.45, 2.75) is 38.1 Å². The minimum atomic E-state index is -0.167. The van der Waals surface area contributed by atoms with E-state index in [9.17, 15) is 9.50 Å². The van der Waals surface area contributed by atoms with E-state index in [0.29, 0.717) is 30.4 Å². The standard InChI is InChI=1S/C17H24FNO/c18-16-8-6-13(7-9-16)17(12-4-5-12)19-10-14-2-1-3-15(14)11-20/h6-9,12,14-15,17,19-20H,1-5,10-11H2. The van der Waals surface area contributed by atoms with Crippen LogP contribution < -0.4 is 5.32 Å². The molecule has 110 valence electrons. The summed E-state index contributed by atoms with van der Waals surface area (Å²) in [6.45, 7) is 1.29. The van der Waals surface area contributed by atoms with E-state index < -0.39 is 0 Å². The molecule has 0 bridgehead atoms. The van der Waals surface area contributed by atoms with Crippen molar-refractivity contribution in [3.63, 3.8) is 0 Å². The molecule has 3 atom stereocenters. The van der Waals surface area contributed by atoms with Crippen LogP contribution in [0.3, 0.4) is 0 Å². The number of aliphatic hydroxyl groups is 1. The first kappa shape index (κ1) is 14.0. The number of hydrogen-bond acceptors (Lipinski definition) is 2. The van der Waals surface area contributed by atoms with Crippen LogP contribution >= 0.6 is 0 Å². The average molecular weight is 277 g/mol. The van der Waals surface area contributed by atoms with Gasteiger partial charge in [-0.05, 0) is 67.7 Å². The second kappa shape index (κ2) is 6.23. The Kier molecular flexibility index (Phi) is 4.37. The molecule has 2 N–H and O–H groups in total. The lowest BCUT2D eigenvalue weighted by Crippen LogP contribution is -2.31. The van der Waals surface area contributed by atoms with Crippen LogP contribution in [0.4, 0.5) is 4.39 Å². The normalized spacial score (nSPS) is 27.7. The number of halogens is 1. The van der Waals surface area contributed by atoms with Crippen molar-refractivity contribution in [3.8, 4) is 0 Å². The van der Waals surface area contributed by atoms with E-state index in [1.807, 2.05) is 12.1 Å². The SMILES string of the molecule is OCC1CCCC1CNC(c1ccc(F)cc1)C1CC1. The van der Waals surface area contributed by atoms with Crippen LogP contribution in [0, 0.1) is 23.6 Å². The van der Waals surface area contributed by atoms with Crippen LogP contribution in [0.15, 0.2) is 24.3 Å². The lowest BCUT2D eigenvalue weighted by atomic mass is 9.95. The third-order valence-corrected chi connectivity index (χ3v) is 4.97. The predicted octanol–water partition coefficient (Wildman–Crippen LogP) is 3.28. The predicted molar refractivity (Wildman–Crippen MR) is 77.8 cm³/mol. The monoisotopic (exact) mass is 277 g/mol. The van der Waals surface area contributed by atoms with Crippen LogP contribution in [0.5, 0.6) is 0 Å². The fraction of sp³-hybridized carbons (Fsp3) is 0.647. The number of nitrogens with one attached hydrogen (secondary N) is 1. The summed E-state index contributed by atoms with van der Waals surface area (Å²) in [5.41, 5.74) is 1.20. The Morgan fingerprint density at radius 2 is 1.80 bits per heavy atom. The summed E-state index contributed by atoms with van der Waals surface area (Å²) < 4.78 is 13.0. The molecule has 2 nitrogen and oxygen atoms in total. The van der Waals surface area contributed by atoms with Crippen molar-refractivity contribution < 1.29 is 9.50 Å². The van der Waals surface area contributed by atoms with Gasteiger partial charge in [-0.2, -0.15) is 0 Å². The molecular weight excluding hydrogens is 253 g/mol. The van der Waals surface area contributed by atoms with Crippen LogP contribution in [-0.2, 0) is 0 Å². The van der Waals surface area contributed by atoms with Gasteiger partial charge in [-0.15, -0.1) is 0 Å². The van der Waals surface area contributed by atoms with Crippen LogP contribution in [0.2, 0.25) is 0 Å². The second-order valence-electron chi connectivity index (χ2n) is 6.41. The Morgan fingerprint density at radius 3 is 2.45 bits per heavy atom. The number of aliphatic hydroxyl groups excluding tert-OH is 1. The molecule has 3 heteroatoms. The highest BCUT2D eigenvalue weighted by Crippen LogP contribution is 2.41. The molecule has 0 aliphatic heterocycles. The first-order chi connectivity index (χ1) is 9.78. The molecular formula is C17H24FNO. The van der Waals surface area contributed by atoms with Gasteiger partial charge < -0.3 is 10.4 Å². The molecule has 2 aliphatic rings. The summed E-state index contributed by atoms with van der Waals surface area (Å²) in [6, 6.07) is 7.28. The van der Waals surface area contributed by atoms with Gasteiger partial charge in [0.05, 0.1) is 0 Å². The van der Waals surface area contributed by atoms with Crippen molar-refractivity contribution in [1.29, 1.82) is 0 Å². The molecule has 0 spiro atoms. The van der Waals surface area contributed by atoms with E-state index in [1.165, 1.54) is 31.2 Å². The maximum atomic E-state index is 13.0. The number of benzene rings is 1. The zero-order valence-corrected chi connectivity index (χ0v) is 11.9. The molecule has 20 heavy (non-hydrogen) atoms. The number of hydrogen-bond donors (Lipinski definition) is 2. The third-order valence-electron chi connectivity index (χ3n) is 4.97. The quantitative estimate of drug-likeness (QED) is 0.836. The molecule has 3 rings (SSSR count).